The molecule has 2 heterocycles. The Hall–Kier alpha value is -2.62. The van der Waals surface area contributed by atoms with E-state index in [1.807, 2.05) is 35.9 Å². The van der Waals surface area contributed by atoms with E-state index >= 15 is 0 Å². The Morgan fingerprint density at radius 3 is 2.48 bits per heavy atom. The molecule has 118 valence electrons. The van der Waals surface area contributed by atoms with Crippen molar-refractivity contribution in [2.75, 3.05) is 5.32 Å². The zero-order valence-corrected chi connectivity index (χ0v) is 13.9. The monoisotopic (exact) mass is 307 g/mol. The molecule has 0 aliphatic carbocycles. The summed E-state index contributed by atoms with van der Waals surface area (Å²) in [7, 11) is 0. The number of hydrogen-bond donors (Lipinski definition) is 1. The molecule has 23 heavy (non-hydrogen) atoms. The molecule has 0 unspecified atom stereocenters. The summed E-state index contributed by atoms with van der Waals surface area (Å²) in [5.74, 6) is -0.128. The fourth-order valence-corrected chi connectivity index (χ4v) is 2.51. The quantitative estimate of drug-likeness (QED) is 0.771. The average molecular weight is 307 g/mol. The van der Waals surface area contributed by atoms with Gasteiger partial charge in [-0.15, -0.1) is 0 Å². The molecule has 3 rings (SSSR count). The number of aryl methyl sites for hydroxylation is 1. The summed E-state index contributed by atoms with van der Waals surface area (Å²) in [5, 5.41) is 2.93. The van der Waals surface area contributed by atoms with Crippen molar-refractivity contribution in [3.63, 3.8) is 0 Å². The molecule has 1 aromatic carbocycles. The van der Waals surface area contributed by atoms with Crippen molar-refractivity contribution < 1.29 is 4.79 Å². The zero-order chi connectivity index (χ0) is 16.6. The Balaban J connectivity index is 1.79. The van der Waals surface area contributed by atoms with Crippen molar-refractivity contribution in [2.45, 2.75) is 33.1 Å². The number of pyridine rings is 1. The van der Waals surface area contributed by atoms with E-state index in [-0.39, 0.29) is 11.3 Å². The fourth-order valence-electron chi connectivity index (χ4n) is 2.51. The predicted octanol–water partition coefficient (Wildman–Crippen LogP) is 4.19. The molecule has 0 atom stereocenters. The zero-order valence-electron chi connectivity index (χ0n) is 13.9. The summed E-state index contributed by atoms with van der Waals surface area (Å²) in [6.07, 6.45) is 3.79. The van der Waals surface area contributed by atoms with Crippen LogP contribution in [0.3, 0.4) is 0 Å². The van der Waals surface area contributed by atoms with E-state index in [4.69, 9.17) is 0 Å². The van der Waals surface area contributed by atoms with Gasteiger partial charge in [-0.05, 0) is 42.2 Å². The summed E-state index contributed by atoms with van der Waals surface area (Å²) in [6, 6.07) is 11.6. The number of anilines is 1. The van der Waals surface area contributed by atoms with Crippen LogP contribution in [-0.4, -0.2) is 15.3 Å². The van der Waals surface area contributed by atoms with Gasteiger partial charge in [-0.1, -0.05) is 32.9 Å². The number of amides is 1. The minimum absolute atomic E-state index is 0.103. The molecule has 4 heteroatoms. The number of hydrogen-bond acceptors (Lipinski definition) is 2. The molecule has 0 bridgehead atoms. The van der Waals surface area contributed by atoms with Crippen LogP contribution in [0.1, 0.15) is 42.4 Å². The predicted molar refractivity (Wildman–Crippen MR) is 93.0 cm³/mol. The van der Waals surface area contributed by atoms with Crippen LogP contribution in [-0.2, 0) is 5.41 Å². The van der Waals surface area contributed by atoms with Crippen LogP contribution < -0.4 is 5.32 Å². The van der Waals surface area contributed by atoms with E-state index in [0.717, 1.165) is 17.0 Å². The van der Waals surface area contributed by atoms with Crippen molar-refractivity contribution in [3.8, 4) is 0 Å². The molecule has 3 aromatic rings. The van der Waals surface area contributed by atoms with Gasteiger partial charge in [-0.2, -0.15) is 0 Å². The molecule has 0 fully saturated rings. The first-order valence-electron chi connectivity index (χ1n) is 7.70. The summed E-state index contributed by atoms with van der Waals surface area (Å²) < 4.78 is 1.91. The summed E-state index contributed by atoms with van der Waals surface area (Å²) in [4.78, 5) is 16.8. The van der Waals surface area contributed by atoms with Gasteiger partial charge in [0.1, 0.15) is 5.65 Å². The molecule has 1 amide bonds. The molecule has 2 aromatic heterocycles. The summed E-state index contributed by atoms with van der Waals surface area (Å²) in [5.41, 5.74) is 4.44. The standard InChI is InChI=1S/C19H21N3O/c1-13-12-22-10-9-14(11-17(22)20-13)18(23)21-16-7-5-15(6-8-16)19(2,3)4/h5-12H,1-4H3,(H,21,23). The maximum absolute atomic E-state index is 12.4. The number of carbonyl (C=O) groups is 1. The normalized spacial score (nSPS) is 11.7. The number of carbonyl (C=O) groups excluding carboxylic acids is 1. The summed E-state index contributed by atoms with van der Waals surface area (Å²) >= 11 is 0. The van der Waals surface area contributed by atoms with Gasteiger partial charge in [0, 0.05) is 23.6 Å². The second-order valence-electron chi connectivity index (χ2n) is 6.84. The molecule has 0 radical (unpaired) electrons. The lowest BCUT2D eigenvalue weighted by Crippen LogP contribution is -2.13. The van der Waals surface area contributed by atoms with Crippen LogP contribution >= 0.6 is 0 Å². The number of nitrogens with one attached hydrogen (secondary N) is 1. The highest BCUT2D eigenvalue weighted by Crippen LogP contribution is 2.23. The van der Waals surface area contributed by atoms with Gasteiger partial charge in [-0.25, -0.2) is 4.98 Å². The third-order valence-electron chi connectivity index (χ3n) is 3.85. The SMILES string of the molecule is Cc1cn2ccc(C(=O)Nc3ccc(C(C)(C)C)cc3)cc2n1. The van der Waals surface area contributed by atoms with E-state index < -0.39 is 0 Å². The highest BCUT2D eigenvalue weighted by atomic mass is 16.1. The van der Waals surface area contributed by atoms with Gasteiger partial charge >= 0.3 is 0 Å². The minimum atomic E-state index is -0.128. The van der Waals surface area contributed by atoms with Gasteiger partial charge in [0.05, 0.1) is 5.69 Å². The van der Waals surface area contributed by atoms with Crippen LogP contribution in [0, 0.1) is 6.92 Å². The molecule has 0 aliphatic rings. The van der Waals surface area contributed by atoms with E-state index in [1.165, 1.54) is 5.56 Å². The third kappa shape index (κ3) is 3.26. The Kier molecular flexibility index (Phi) is 3.68. The Labute approximate surface area is 136 Å². The second kappa shape index (κ2) is 5.54. The van der Waals surface area contributed by atoms with Gasteiger partial charge < -0.3 is 9.72 Å². The molecular weight excluding hydrogens is 286 g/mol. The number of benzene rings is 1. The fraction of sp³-hybridized carbons (Fsp3) is 0.263. The number of aromatic nitrogens is 2. The summed E-state index contributed by atoms with van der Waals surface area (Å²) in [6.45, 7) is 8.44. The van der Waals surface area contributed by atoms with Crippen LogP contribution in [0.5, 0.6) is 0 Å². The number of rotatable bonds is 2. The van der Waals surface area contributed by atoms with Crippen LogP contribution in [0.25, 0.3) is 5.65 Å². The second-order valence-corrected chi connectivity index (χ2v) is 6.84. The van der Waals surface area contributed by atoms with Crippen LogP contribution in [0.4, 0.5) is 5.69 Å². The lowest BCUT2D eigenvalue weighted by Gasteiger charge is -2.19. The molecular formula is C19H21N3O. The van der Waals surface area contributed by atoms with Crippen molar-refractivity contribution in [1.29, 1.82) is 0 Å². The highest BCUT2D eigenvalue weighted by molar-refractivity contribution is 6.04. The van der Waals surface area contributed by atoms with Crippen molar-refractivity contribution in [1.82, 2.24) is 9.38 Å². The van der Waals surface area contributed by atoms with Gasteiger partial charge in [0.25, 0.3) is 5.91 Å². The largest absolute Gasteiger partial charge is 0.322 e. The Bertz CT molecular complexity index is 854. The first-order valence-corrected chi connectivity index (χ1v) is 7.70. The first kappa shape index (κ1) is 15.3. The van der Waals surface area contributed by atoms with Crippen molar-refractivity contribution in [3.05, 3.63) is 65.6 Å². The molecule has 0 spiro atoms. The number of nitrogens with zero attached hydrogens (tertiary/aromatic N) is 2. The highest BCUT2D eigenvalue weighted by Gasteiger charge is 2.13. The lowest BCUT2D eigenvalue weighted by molar-refractivity contribution is 0.102. The molecule has 0 saturated heterocycles. The molecule has 1 N–H and O–H groups in total. The molecule has 0 aliphatic heterocycles. The first-order chi connectivity index (χ1) is 10.8. The Morgan fingerprint density at radius 2 is 1.83 bits per heavy atom. The van der Waals surface area contributed by atoms with Gasteiger partial charge in [0.2, 0.25) is 0 Å². The van der Waals surface area contributed by atoms with Crippen molar-refractivity contribution in [2.24, 2.45) is 0 Å². The van der Waals surface area contributed by atoms with Gasteiger partial charge in [0.15, 0.2) is 0 Å². The Morgan fingerprint density at radius 1 is 1.13 bits per heavy atom. The van der Waals surface area contributed by atoms with Crippen LogP contribution in [0.2, 0.25) is 0 Å². The minimum Gasteiger partial charge on any atom is -0.322 e. The molecule has 0 saturated carbocycles. The third-order valence-corrected chi connectivity index (χ3v) is 3.85. The van der Waals surface area contributed by atoms with E-state index in [2.05, 4.69) is 43.2 Å². The van der Waals surface area contributed by atoms with Gasteiger partial charge in [-0.3, -0.25) is 4.79 Å². The molecule has 4 nitrogen and oxygen atoms in total. The van der Waals surface area contributed by atoms with Crippen LogP contribution in [0.15, 0.2) is 48.8 Å². The smallest absolute Gasteiger partial charge is 0.255 e. The topological polar surface area (TPSA) is 46.4 Å². The maximum Gasteiger partial charge on any atom is 0.255 e. The average Bonchev–Trinajstić information content (AvgIpc) is 2.85. The van der Waals surface area contributed by atoms with E-state index in [9.17, 15) is 4.79 Å². The number of imidazole rings is 1. The van der Waals surface area contributed by atoms with Crippen molar-refractivity contribution >= 4 is 17.2 Å². The van der Waals surface area contributed by atoms with E-state index in [1.54, 1.807) is 12.1 Å². The maximum atomic E-state index is 12.4. The van der Waals surface area contributed by atoms with E-state index in [0.29, 0.717) is 5.56 Å². The number of fused-ring (bicyclic) bond motifs is 1. The lowest BCUT2D eigenvalue weighted by atomic mass is 9.87.